The van der Waals surface area contributed by atoms with Gasteiger partial charge in [0.15, 0.2) is 0 Å². The number of carboxylic acid groups (broad SMARTS) is 1. The molecule has 1 fully saturated rings. The van der Waals surface area contributed by atoms with Gasteiger partial charge in [-0.2, -0.15) is 0 Å². The molecule has 12 nitrogen and oxygen atoms in total. The summed E-state index contributed by atoms with van der Waals surface area (Å²) in [5.41, 5.74) is 4.54. The minimum absolute atomic E-state index is 0.0284. The lowest BCUT2D eigenvalue weighted by Crippen LogP contribution is -2.71. The van der Waals surface area contributed by atoms with E-state index < -0.39 is 58.7 Å². The third-order valence-electron chi connectivity index (χ3n) is 6.15. The smallest absolute Gasteiger partial charge is 0.351 e. The maximum Gasteiger partial charge on any atom is 0.351 e. The first-order chi connectivity index (χ1) is 17.3. The van der Waals surface area contributed by atoms with Crippen LogP contribution >= 0.6 is 11.3 Å². The van der Waals surface area contributed by atoms with Gasteiger partial charge in [-0.05, 0) is 37.6 Å². The number of aromatic nitrogens is 1. The van der Waals surface area contributed by atoms with E-state index in [-0.39, 0.29) is 25.7 Å². The quantitative estimate of drug-likeness (QED) is 0.196. The van der Waals surface area contributed by atoms with Gasteiger partial charge in [0.1, 0.15) is 6.04 Å². The topological polar surface area (TPSA) is 193 Å². The number of rotatable bonds is 13. The molecule has 206 valence electrons. The van der Waals surface area contributed by atoms with E-state index in [2.05, 4.69) is 26.3 Å². The molecule has 2 heterocycles. The number of carbonyl (C=O) groups excluding carboxylic acids is 4. The highest BCUT2D eigenvalue weighted by Gasteiger charge is 2.52. The van der Waals surface area contributed by atoms with Gasteiger partial charge >= 0.3 is 5.97 Å². The van der Waals surface area contributed by atoms with Crippen LogP contribution in [0, 0.1) is 5.41 Å². The molecule has 0 saturated carbocycles. The Labute approximate surface area is 220 Å². The van der Waals surface area contributed by atoms with Crippen LogP contribution in [0.25, 0.3) is 0 Å². The molecule has 1 aromatic heterocycles. The SMILES string of the molecule is CCC(=O)N[C@@](NC(=O)C(CCC(N)=O)NC(=O)[C@@H]1CCCN1)(C(=O)O)C(CC(C)(C)C)c1cscn1. The minimum Gasteiger partial charge on any atom is -0.478 e. The van der Waals surface area contributed by atoms with Crippen LogP contribution in [0.2, 0.25) is 0 Å². The average Bonchev–Trinajstić information content (AvgIpc) is 3.53. The van der Waals surface area contributed by atoms with Crippen molar-refractivity contribution in [2.24, 2.45) is 11.1 Å². The summed E-state index contributed by atoms with van der Waals surface area (Å²) in [5, 5.41) is 22.9. The molecule has 0 aliphatic carbocycles. The fraction of sp³-hybridized carbons (Fsp3) is 0.667. The molecule has 13 heteroatoms. The van der Waals surface area contributed by atoms with Crippen molar-refractivity contribution < 1.29 is 29.1 Å². The summed E-state index contributed by atoms with van der Waals surface area (Å²) in [6, 6.07) is -1.76. The normalized spacial score (nSPS) is 18.8. The maximum atomic E-state index is 13.6. The van der Waals surface area contributed by atoms with E-state index in [1.54, 1.807) is 17.8 Å². The number of amides is 4. The van der Waals surface area contributed by atoms with Gasteiger partial charge in [0, 0.05) is 18.2 Å². The van der Waals surface area contributed by atoms with Crippen molar-refractivity contribution in [3.8, 4) is 0 Å². The summed E-state index contributed by atoms with van der Waals surface area (Å²) in [7, 11) is 0. The Balaban J connectivity index is 2.50. The van der Waals surface area contributed by atoms with Crippen molar-refractivity contribution in [1.82, 2.24) is 26.3 Å². The fourth-order valence-corrected chi connectivity index (χ4v) is 4.88. The molecule has 4 atom stereocenters. The molecule has 1 saturated heterocycles. The minimum atomic E-state index is -2.27. The standard InChI is InChI=1S/C24H38N6O6S/c1-5-19(32)29-24(22(35)36,14(11-23(2,3)4)17-12-37-13-27-17)30-21(34)16(8-9-18(25)31)28-20(33)15-7-6-10-26-15/h12-16,26H,5-11H2,1-4H3,(H2,25,31)(H,28,33)(H,29,32)(H,30,34)(H,35,36)/t14?,15-,16?,24-/m0/s1. The van der Waals surface area contributed by atoms with Gasteiger partial charge in [-0.3, -0.25) is 19.2 Å². The maximum absolute atomic E-state index is 13.6. The van der Waals surface area contributed by atoms with Gasteiger partial charge in [-0.15, -0.1) is 11.3 Å². The van der Waals surface area contributed by atoms with Crippen LogP contribution in [0.4, 0.5) is 0 Å². The zero-order valence-corrected chi connectivity index (χ0v) is 22.6. The molecule has 37 heavy (non-hydrogen) atoms. The van der Waals surface area contributed by atoms with E-state index in [1.165, 1.54) is 11.3 Å². The monoisotopic (exact) mass is 538 g/mol. The number of hydrogen-bond acceptors (Lipinski definition) is 8. The molecular formula is C24H38N6O6S. The van der Waals surface area contributed by atoms with E-state index in [0.717, 1.165) is 6.42 Å². The van der Waals surface area contributed by atoms with Crippen molar-refractivity contribution in [1.29, 1.82) is 0 Å². The van der Waals surface area contributed by atoms with Crippen molar-refractivity contribution in [2.75, 3.05) is 6.54 Å². The van der Waals surface area contributed by atoms with Crippen molar-refractivity contribution in [2.45, 2.75) is 89.9 Å². The molecule has 0 bridgehead atoms. The Morgan fingerprint density at radius 3 is 2.43 bits per heavy atom. The lowest BCUT2D eigenvalue weighted by atomic mass is 9.76. The lowest BCUT2D eigenvalue weighted by molar-refractivity contribution is -0.154. The highest BCUT2D eigenvalue weighted by Crippen LogP contribution is 2.38. The molecule has 2 rings (SSSR count). The van der Waals surface area contributed by atoms with E-state index in [0.29, 0.717) is 18.7 Å². The lowest BCUT2D eigenvalue weighted by Gasteiger charge is -2.41. The number of carboxylic acids is 1. The van der Waals surface area contributed by atoms with E-state index in [9.17, 15) is 29.1 Å². The molecule has 2 unspecified atom stereocenters. The summed E-state index contributed by atoms with van der Waals surface area (Å²) in [6.45, 7) is 7.95. The summed E-state index contributed by atoms with van der Waals surface area (Å²) < 4.78 is 0. The zero-order chi connectivity index (χ0) is 27.8. The Hall–Kier alpha value is -3.06. The number of nitrogens with two attached hydrogens (primary N) is 1. The molecule has 1 aliphatic rings. The van der Waals surface area contributed by atoms with Gasteiger partial charge in [-0.1, -0.05) is 27.7 Å². The van der Waals surface area contributed by atoms with Crippen LogP contribution in [0.15, 0.2) is 10.9 Å². The van der Waals surface area contributed by atoms with Crippen LogP contribution in [0.1, 0.15) is 77.8 Å². The van der Waals surface area contributed by atoms with Gasteiger partial charge in [-0.25, -0.2) is 9.78 Å². The molecule has 0 radical (unpaired) electrons. The summed E-state index contributed by atoms with van der Waals surface area (Å²) in [4.78, 5) is 67.7. The second-order valence-electron chi connectivity index (χ2n) is 10.4. The summed E-state index contributed by atoms with van der Waals surface area (Å²) >= 11 is 1.26. The average molecular weight is 539 g/mol. The van der Waals surface area contributed by atoms with Crippen molar-refractivity contribution in [3.05, 3.63) is 16.6 Å². The highest BCUT2D eigenvalue weighted by atomic mass is 32.1. The van der Waals surface area contributed by atoms with Gasteiger partial charge in [0.25, 0.3) is 0 Å². The second kappa shape index (κ2) is 13.0. The number of aliphatic carboxylic acids is 1. The molecule has 1 aliphatic heterocycles. The summed E-state index contributed by atoms with van der Waals surface area (Å²) in [6.07, 6.45) is 1.24. The van der Waals surface area contributed by atoms with Crippen LogP contribution in [0.3, 0.4) is 0 Å². The van der Waals surface area contributed by atoms with Gasteiger partial charge in [0.05, 0.1) is 23.2 Å². The first kappa shape index (κ1) is 30.2. The number of primary amides is 1. The van der Waals surface area contributed by atoms with Crippen LogP contribution in [-0.4, -0.2) is 64.0 Å². The summed E-state index contributed by atoms with van der Waals surface area (Å²) in [5.74, 6) is -5.00. The highest BCUT2D eigenvalue weighted by molar-refractivity contribution is 7.07. The first-order valence-electron chi connectivity index (χ1n) is 12.4. The molecule has 1 aromatic rings. The van der Waals surface area contributed by atoms with Crippen LogP contribution in [-0.2, 0) is 24.0 Å². The second-order valence-corrected chi connectivity index (χ2v) is 11.2. The number of nitrogens with zero attached hydrogens (tertiary/aromatic N) is 1. The Morgan fingerprint density at radius 1 is 1.24 bits per heavy atom. The fourth-order valence-electron chi connectivity index (χ4n) is 4.27. The molecule has 0 spiro atoms. The molecular weight excluding hydrogens is 500 g/mol. The molecule has 4 amide bonds. The number of nitrogens with one attached hydrogen (secondary N) is 4. The molecule has 0 aromatic carbocycles. The number of hydrogen-bond donors (Lipinski definition) is 6. The van der Waals surface area contributed by atoms with E-state index in [4.69, 9.17) is 5.73 Å². The third kappa shape index (κ3) is 8.49. The van der Waals surface area contributed by atoms with Crippen LogP contribution < -0.4 is 27.0 Å². The van der Waals surface area contributed by atoms with Crippen LogP contribution in [0.5, 0.6) is 0 Å². The van der Waals surface area contributed by atoms with Crippen molar-refractivity contribution in [3.63, 3.8) is 0 Å². The van der Waals surface area contributed by atoms with Crippen molar-refractivity contribution >= 4 is 40.9 Å². The third-order valence-corrected chi connectivity index (χ3v) is 6.76. The van der Waals surface area contributed by atoms with E-state index >= 15 is 0 Å². The van der Waals surface area contributed by atoms with Gasteiger partial charge in [0.2, 0.25) is 29.3 Å². The first-order valence-corrected chi connectivity index (χ1v) is 13.3. The predicted molar refractivity (Wildman–Crippen MR) is 137 cm³/mol. The van der Waals surface area contributed by atoms with Gasteiger partial charge < -0.3 is 32.1 Å². The number of carbonyl (C=O) groups is 5. The zero-order valence-electron chi connectivity index (χ0n) is 21.8. The van der Waals surface area contributed by atoms with E-state index in [1.807, 2.05) is 20.8 Å². The predicted octanol–water partition coefficient (Wildman–Crippen LogP) is 0.589. The Morgan fingerprint density at radius 2 is 1.95 bits per heavy atom. The largest absolute Gasteiger partial charge is 0.478 e. The Kier molecular flexibility index (Phi) is 10.6. The molecule has 7 N–H and O–H groups in total. The Bertz CT molecular complexity index is 973. The number of thiazole rings is 1.